The monoisotopic (exact) mass is 346 g/mol. The van der Waals surface area contributed by atoms with Crippen molar-refractivity contribution in [3.63, 3.8) is 0 Å². The summed E-state index contributed by atoms with van der Waals surface area (Å²) in [7, 11) is 0. The van der Waals surface area contributed by atoms with Crippen LogP contribution in [-0.4, -0.2) is 27.4 Å². The summed E-state index contributed by atoms with van der Waals surface area (Å²) in [5, 5.41) is 0.381. The Bertz CT molecular complexity index is 643. The van der Waals surface area contributed by atoms with Crippen molar-refractivity contribution in [2.24, 2.45) is 5.41 Å². The van der Waals surface area contributed by atoms with Crippen molar-refractivity contribution < 1.29 is 9.47 Å². The molecule has 0 fully saturated rings. The minimum atomic E-state index is -0.169. The Morgan fingerprint density at radius 3 is 2.38 bits per heavy atom. The fourth-order valence-electron chi connectivity index (χ4n) is 2.13. The van der Waals surface area contributed by atoms with Crippen LogP contribution in [0.5, 0.6) is 5.75 Å². The summed E-state index contributed by atoms with van der Waals surface area (Å²) in [6, 6.07) is 8.21. The first kappa shape index (κ1) is 18.5. The molecule has 5 heteroatoms. The zero-order chi connectivity index (χ0) is 17.7. The number of benzene rings is 1. The molecule has 0 amide bonds. The zero-order valence-corrected chi connectivity index (χ0v) is 15.8. The maximum Gasteiger partial charge on any atom is 0.269 e. The second-order valence-corrected chi connectivity index (χ2v) is 7.59. The van der Waals surface area contributed by atoms with Gasteiger partial charge in [0, 0.05) is 17.8 Å². The molecule has 0 aliphatic rings. The highest BCUT2D eigenvalue weighted by atomic mass is 32.1. The summed E-state index contributed by atoms with van der Waals surface area (Å²) in [6.45, 7) is 11.1. The normalized spacial score (nSPS) is 12.9. The van der Waals surface area contributed by atoms with Crippen LogP contribution >= 0.6 is 12.2 Å². The molecule has 1 unspecified atom stereocenters. The third-order valence-electron chi connectivity index (χ3n) is 3.87. The Balaban J connectivity index is 2.00. The minimum Gasteiger partial charge on any atom is -0.490 e. The lowest BCUT2D eigenvalue weighted by Crippen LogP contribution is -2.37. The van der Waals surface area contributed by atoms with Crippen molar-refractivity contribution in [3.05, 3.63) is 48.5 Å². The molecule has 24 heavy (non-hydrogen) atoms. The summed E-state index contributed by atoms with van der Waals surface area (Å²) in [6.07, 6.45) is 4.91. The van der Waals surface area contributed by atoms with Gasteiger partial charge in [0.2, 0.25) is 0 Å². The van der Waals surface area contributed by atoms with Crippen LogP contribution in [0.15, 0.2) is 43.0 Å². The van der Waals surface area contributed by atoms with Gasteiger partial charge in [0.25, 0.3) is 5.17 Å². The molecule has 0 bridgehead atoms. The van der Waals surface area contributed by atoms with Gasteiger partial charge in [-0.1, -0.05) is 46.8 Å². The Morgan fingerprint density at radius 2 is 1.88 bits per heavy atom. The minimum absolute atomic E-state index is 0.109. The number of hydrogen-bond acceptors (Lipinski definition) is 4. The number of imidazole rings is 1. The number of nitrogens with zero attached hydrogens (tertiary/aromatic N) is 2. The van der Waals surface area contributed by atoms with Gasteiger partial charge >= 0.3 is 0 Å². The summed E-state index contributed by atoms with van der Waals surface area (Å²) in [5.41, 5.74) is 1.19. The molecule has 0 aliphatic carbocycles. The third kappa shape index (κ3) is 5.06. The Hall–Kier alpha value is -1.88. The number of rotatable bonds is 5. The summed E-state index contributed by atoms with van der Waals surface area (Å²) < 4.78 is 13.6. The van der Waals surface area contributed by atoms with E-state index in [-0.39, 0.29) is 11.5 Å². The van der Waals surface area contributed by atoms with Gasteiger partial charge in [-0.25, -0.2) is 4.98 Å². The summed E-state index contributed by atoms with van der Waals surface area (Å²) in [5.74, 6) is 1.35. The maximum atomic E-state index is 5.97. The largest absolute Gasteiger partial charge is 0.490 e. The predicted octanol–water partition coefficient (Wildman–Crippen LogP) is 4.65. The highest BCUT2D eigenvalue weighted by Crippen LogP contribution is 2.25. The van der Waals surface area contributed by atoms with E-state index in [0.29, 0.717) is 17.7 Å². The van der Waals surface area contributed by atoms with Crippen molar-refractivity contribution in [2.75, 3.05) is 6.61 Å². The van der Waals surface area contributed by atoms with Gasteiger partial charge in [-0.2, -0.15) is 0 Å². The summed E-state index contributed by atoms with van der Waals surface area (Å²) >= 11 is 5.34. The molecule has 4 nitrogen and oxygen atoms in total. The van der Waals surface area contributed by atoms with E-state index in [2.05, 4.69) is 51.7 Å². The van der Waals surface area contributed by atoms with Gasteiger partial charge in [-0.3, -0.25) is 4.57 Å². The summed E-state index contributed by atoms with van der Waals surface area (Å²) in [4.78, 5) is 3.99. The Kier molecular flexibility index (Phi) is 5.99. The molecule has 0 aliphatic heterocycles. The Labute approximate surface area is 149 Å². The zero-order valence-electron chi connectivity index (χ0n) is 15.0. The van der Waals surface area contributed by atoms with E-state index in [1.165, 1.54) is 5.56 Å². The standard InChI is InChI=1S/C19H26N2O2S/c1-14(2)15-6-8-16(9-7-15)22-12-17(19(3,4)5)23-18(24)21-11-10-20-13-21/h6-11,13-14,17H,12H2,1-5H3. The topological polar surface area (TPSA) is 36.3 Å². The van der Waals surface area contributed by atoms with E-state index in [9.17, 15) is 0 Å². The van der Waals surface area contributed by atoms with Crippen molar-refractivity contribution >= 4 is 17.4 Å². The van der Waals surface area contributed by atoms with Crippen molar-refractivity contribution in [1.82, 2.24) is 9.55 Å². The van der Waals surface area contributed by atoms with E-state index in [1.807, 2.05) is 12.1 Å². The van der Waals surface area contributed by atoms with Crippen molar-refractivity contribution in [1.29, 1.82) is 0 Å². The number of thiocarbonyl (C=S) groups is 1. The van der Waals surface area contributed by atoms with Crippen LogP contribution in [0.3, 0.4) is 0 Å². The average molecular weight is 346 g/mol. The van der Waals surface area contributed by atoms with Gasteiger partial charge in [-0.15, -0.1) is 0 Å². The van der Waals surface area contributed by atoms with Gasteiger partial charge in [0.15, 0.2) is 0 Å². The lowest BCUT2D eigenvalue weighted by Gasteiger charge is -2.31. The van der Waals surface area contributed by atoms with E-state index in [4.69, 9.17) is 21.7 Å². The predicted molar refractivity (Wildman–Crippen MR) is 101 cm³/mol. The lowest BCUT2D eigenvalue weighted by molar-refractivity contribution is 0.0321. The van der Waals surface area contributed by atoms with Crippen LogP contribution in [0, 0.1) is 5.41 Å². The van der Waals surface area contributed by atoms with Gasteiger partial charge in [0.05, 0.1) is 0 Å². The van der Waals surface area contributed by atoms with E-state index in [1.54, 1.807) is 23.3 Å². The highest BCUT2D eigenvalue weighted by Gasteiger charge is 2.28. The van der Waals surface area contributed by atoms with Crippen molar-refractivity contribution in [2.45, 2.75) is 46.6 Å². The van der Waals surface area contributed by atoms with E-state index >= 15 is 0 Å². The van der Waals surface area contributed by atoms with Crippen LogP contribution in [0.4, 0.5) is 0 Å². The quantitative estimate of drug-likeness (QED) is 0.738. The van der Waals surface area contributed by atoms with Gasteiger partial charge in [0.1, 0.15) is 24.8 Å². The molecule has 0 saturated heterocycles. The lowest BCUT2D eigenvalue weighted by atomic mass is 9.89. The molecule has 1 aromatic heterocycles. The van der Waals surface area contributed by atoms with Gasteiger partial charge in [-0.05, 0) is 35.8 Å². The molecule has 130 valence electrons. The molecule has 0 N–H and O–H groups in total. The first-order valence-corrected chi connectivity index (χ1v) is 8.60. The Morgan fingerprint density at radius 1 is 1.21 bits per heavy atom. The number of hydrogen-bond donors (Lipinski definition) is 0. The second-order valence-electron chi connectivity index (χ2n) is 7.24. The number of aromatic nitrogens is 2. The molecule has 1 atom stereocenters. The smallest absolute Gasteiger partial charge is 0.269 e. The first-order chi connectivity index (χ1) is 11.3. The molecule has 2 rings (SSSR count). The molecular formula is C19H26N2O2S. The molecule has 0 radical (unpaired) electrons. The molecule has 2 aromatic rings. The number of ether oxygens (including phenoxy) is 2. The van der Waals surface area contributed by atoms with Crippen LogP contribution < -0.4 is 4.74 Å². The van der Waals surface area contributed by atoms with Crippen LogP contribution in [-0.2, 0) is 4.74 Å². The maximum absolute atomic E-state index is 5.97. The molecule has 0 saturated carbocycles. The molecule has 0 spiro atoms. The third-order valence-corrected chi connectivity index (χ3v) is 4.18. The van der Waals surface area contributed by atoms with Crippen LogP contribution in [0.1, 0.15) is 46.1 Å². The van der Waals surface area contributed by atoms with E-state index in [0.717, 1.165) is 5.75 Å². The van der Waals surface area contributed by atoms with E-state index < -0.39 is 0 Å². The SMILES string of the molecule is CC(C)c1ccc(OCC(OC(=S)n2ccnc2)C(C)(C)C)cc1. The molecule has 1 heterocycles. The fraction of sp³-hybridized carbons (Fsp3) is 0.474. The second kappa shape index (κ2) is 7.79. The van der Waals surface area contributed by atoms with Gasteiger partial charge < -0.3 is 9.47 Å². The molecule has 1 aromatic carbocycles. The molecular weight excluding hydrogens is 320 g/mol. The average Bonchev–Trinajstić information content (AvgIpc) is 3.05. The first-order valence-electron chi connectivity index (χ1n) is 8.19. The van der Waals surface area contributed by atoms with Crippen LogP contribution in [0.25, 0.3) is 0 Å². The van der Waals surface area contributed by atoms with Crippen molar-refractivity contribution in [3.8, 4) is 5.75 Å². The highest BCUT2D eigenvalue weighted by molar-refractivity contribution is 7.80. The fourth-order valence-corrected chi connectivity index (χ4v) is 2.36. The van der Waals surface area contributed by atoms with Crippen LogP contribution in [0.2, 0.25) is 0 Å².